The smallest absolute Gasteiger partial charge is 0.252 e. The molecule has 0 unspecified atom stereocenters. The minimum absolute atomic E-state index is 0.102. The second kappa shape index (κ2) is 6.54. The molecule has 0 radical (unpaired) electrons. The van der Waals surface area contributed by atoms with Gasteiger partial charge in [-0.2, -0.15) is 5.10 Å². The van der Waals surface area contributed by atoms with E-state index < -0.39 is 0 Å². The number of nitrogens with zero attached hydrogens (tertiary/aromatic N) is 2. The van der Waals surface area contributed by atoms with E-state index in [-0.39, 0.29) is 5.91 Å². The van der Waals surface area contributed by atoms with Gasteiger partial charge >= 0.3 is 0 Å². The van der Waals surface area contributed by atoms with Crippen LogP contribution in [0.2, 0.25) is 0 Å². The molecule has 1 heterocycles. The molecule has 0 fully saturated rings. The van der Waals surface area contributed by atoms with Gasteiger partial charge in [-0.25, -0.2) is 0 Å². The van der Waals surface area contributed by atoms with Crippen molar-refractivity contribution < 1.29 is 4.79 Å². The highest BCUT2D eigenvalue weighted by molar-refractivity contribution is 9.11. The van der Waals surface area contributed by atoms with Crippen LogP contribution in [-0.2, 0) is 20.0 Å². The highest BCUT2D eigenvalue weighted by Crippen LogP contribution is 2.22. The van der Waals surface area contributed by atoms with Gasteiger partial charge in [0.15, 0.2) is 0 Å². The standard InChI is InChI=1S/C14H15Br2N3O/c1-3-13-9(8-19(2)18-13)7-17-14(20)11-5-4-10(15)6-12(11)16/h4-6,8H,3,7H2,1-2H3,(H,17,20). The summed E-state index contributed by atoms with van der Waals surface area (Å²) in [7, 11) is 1.88. The van der Waals surface area contributed by atoms with E-state index in [0.29, 0.717) is 12.1 Å². The fraction of sp³-hybridized carbons (Fsp3) is 0.286. The molecule has 0 bridgehead atoms. The van der Waals surface area contributed by atoms with Gasteiger partial charge in [0.1, 0.15) is 0 Å². The summed E-state index contributed by atoms with van der Waals surface area (Å²) >= 11 is 6.77. The number of aromatic nitrogens is 2. The Morgan fingerprint density at radius 2 is 2.15 bits per heavy atom. The SMILES string of the molecule is CCc1nn(C)cc1CNC(=O)c1ccc(Br)cc1Br. The van der Waals surface area contributed by atoms with Crippen LogP contribution in [0.25, 0.3) is 0 Å². The van der Waals surface area contributed by atoms with Crippen LogP contribution in [-0.4, -0.2) is 15.7 Å². The minimum Gasteiger partial charge on any atom is -0.348 e. The average Bonchev–Trinajstić information content (AvgIpc) is 2.76. The van der Waals surface area contributed by atoms with Crippen molar-refractivity contribution in [3.63, 3.8) is 0 Å². The van der Waals surface area contributed by atoms with Gasteiger partial charge in [-0.05, 0) is 40.5 Å². The molecule has 106 valence electrons. The van der Waals surface area contributed by atoms with E-state index in [9.17, 15) is 4.79 Å². The van der Waals surface area contributed by atoms with Crippen LogP contribution in [0.1, 0.15) is 28.5 Å². The number of hydrogen-bond acceptors (Lipinski definition) is 2. The molecule has 2 rings (SSSR count). The van der Waals surface area contributed by atoms with Crippen LogP contribution in [0, 0.1) is 0 Å². The molecule has 0 spiro atoms. The zero-order valence-corrected chi connectivity index (χ0v) is 14.5. The Hall–Kier alpha value is -1.14. The van der Waals surface area contributed by atoms with E-state index in [0.717, 1.165) is 26.6 Å². The first-order valence-corrected chi connectivity index (χ1v) is 7.84. The van der Waals surface area contributed by atoms with Crippen LogP contribution >= 0.6 is 31.9 Å². The molecule has 1 N–H and O–H groups in total. The van der Waals surface area contributed by atoms with Gasteiger partial charge in [-0.1, -0.05) is 22.9 Å². The highest BCUT2D eigenvalue weighted by atomic mass is 79.9. The lowest BCUT2D eigenvalue weighted by Gasteiger charge is -2.07. The van der Waals surface area contributed by atoms with Crippen molar-refractivity contribution >= 4 is 37.8 Å². The largest absolute Gasteiger partial charge is 0.348 e. The Balaban J connectivity index is 2.08. The van der Waals surface area contributed by atoms with Gasteiger partial charge < -0.3 is 5.32 Å². The summed E-state index contributed by atoms with van der Waals surface area (Å²) in [5.41, 5.74) is 2.69. The number of amides is 1. The molecule has 6 heteroatoms. The third-order valence-corrected chi connectivity index (χ3v) is 4.09. The average molecular weight is 401 g/mol. The van der Waals surface area contributed by atoms with Gasteiger partial charge in [-0.15, -0.1) is 0 Å². The fourth-order valence-electron chi connectivity index (χ4n) is 1.97. The monoisotopic (exact) mass is 399 g/mol. The molecule has 0 aliphatic rings. The normalized spacial score (nSPS) is 10.6. The van der Waals surface area contributed by atoms with Crippen LogP contribution in [0.3, 0.4) is 0 Å². The second-order valence-corrected chi connectivity index (χ2v) is 6.21. The van der Waals surface area contributed by atoms with Crippen molar-refractivity contribution in [3.05, 3.63) is 50.2 Å². The summed E-state index contributed by atoms with van der Waals surface area (Å²) in [6.45, 7) is 2.54. The van der Waals surface area contributed by atoms with Crippen LogP contribution in [0.5, 0.6) is 0 Å². The van der Waals surface area contributed by atoms with Crippen molar-refractivity contribution in [1.29, 1.82) is 0 Å². The van der Waals surface area contributed by atoms with E-state index in [2.05, 4.69) is 49.2 Å². The highest BCUT2D eigenvalue weighted by Gasteiger charge is 2.12. The number of rotatable bonds is 4. The molecule has 0 atom stereocenters. The quantitative estimate of drug-likeness (QED) is 0.854. The molecule has 2 aromatic rings. The van der Waals surface area contributed by atoms with Gasteiger partial charge in [-0.3, -0.25) is 9.48 Å². The Morgan fingerprint density at radius 1 is 1.40 bits per heavy atom. The first-order chi connectivity index (χ1) is 9.51. The van der Waals surface area contributed by atoms with Gasteiger partial charge in [0, 0.05) is 34.3 Å². The van der Waals surface area contributed by atoms with Gasteiger partial charge in [0.25, 0.3) is 5.91 Å². The summed E-state index contributed by atoms with van der Waals surface area (Å²) in [6, 6.07) is 5.49. The number of hydrogen-bond donors (Lipinski definition) is 1. The van der Waals surface area contributed by atoms with E-state index >= 15 is 0 Å². The Labute approximate surface area is 134 Å². The molecule has 1 aromatic heterocycles. The van der Waals surface area contributed by atoms with E-state index in [1.165, 1.54) is 0 Å². The van der Waals surface area contributed by atoms with Crippen LogP contribution in [0.4, 0.5) is 0 Å². The lowest BCUT2D eigenvalue weighted by Crippen LogP contribution is -2.23. The fourth-order valence-corrected chi connectivity index (χ4v) is 3.20. The zero-order chi connectivity index (χ0) is 14.7. The molecule has 20 heavy (non-hydrogen) atoms. The number of benzene rings is 1. The van der Waals surface area contributed by atoms with E-state index in [4.69, 9.17) is 0 Å². The van der Waals surface area contributed by atoms with Crippen molar-refractivity contribution in [2.75, 3.05) is 0 Å². The van der Waals surface area contributed by atoms with Gasteiger partial charge in [0.2, 0.25) is 0 Å². The Kier molecular flexibility index (Phi) is 4.99. The Bertz CT molecular complexity index is 637. The summed E-state index contributed by atoms with van der Waals surface area (Å²) in [5.74, 6) is -0.102. The maximum absolute atomic E-state index is 12.2. The predicted molar refractivity (Wildman–Crippen MR) is 85.6 cm³/mol. The molecule has 4 nitrogen and oxygen atoms in total. The first kappa shape index (κ1) is 15.3. The summed E-state index contributed by atoms with van der Waals surface area (Å²) in [6.07, 6.45) is 2.80. The number of nitrogens with one attached hydrogen (secondary N) is 1. The summed E-state index contributed by atoms with van der Waals surface area (Å²) in [5, 5.41) is 7.28. The Morgan fingerprint density at radius 3 is 2.80 bits per heavy atom. The second-order valence-electron chi connectivity index (χ2n) is 4.44. The number of carbonyl (C=O) groups is 1. The molecule has 0 aliphatic heterocycles. The number of halogens is 2. The lowest BCUT2D eigenvalue weighted by atomic mass is 10.2. The zero-order valence-electron chi connectivity index (χ0n) is 11.3. The summed E-state index contributed by atoms with van der Waals surface area (Å²) < 4.78 is 3.48. The van der Waals surface area contributed by atoms with Gasteiger partial charge in [0.05, 0.1) is 11.3 Å². The molecular weight excluding hydrogens is 386 g/mol. The lowest BCUT2D eigenvalue weighted by molar-refractivity contribution is 0.0950. The van der Waals surface area contributed by atoms with Crippen molar-refractivity contribution in [1.82, 2.24) is 15.1 Å². The van der Waals surface area contributed by atoms with E-state index in [1.54, 1.807) is 10.7 Å². The number of aryl methyl sites for hydroxylation is 2. The van der Waals surface area contributed by atoms with Crippen molar-refractivity contribution in [3.8, 4) is 0 Å². The first-order valence-electron chi connectivity index (χ1n) is 6.26. The maximum atomic E-state index is 12.2. The molecular formula is C14H15Br2N3O. The van der Waals surface area contributed by atoms with E-state index in [1.807, 2.05) is 25.4 Å². The van der Waals surface area contributed by atoms with Crippen molar-refractivity contribution in [2.45, 2.75) is 19.9 Å². The molecule has 1 aromatic carbocycles. The summed E-state index contributed by atoms with van der Waals surface area (Å²) in [4.78, 5) is 12.2. The van der Waals surface area contributed by atoms with Crippen LogP contribution in [0.15, 0.2) is 33.3 Å². The molecule has 0 saturated carbocycles. The predicted octanol–water partition coefficient (Wildman–Crippen LogP) is 3.44. The maximum Gasteiger partial charge on any atom is 0.252 e. The minimum atomic E-state index is -0.102. The third kappa shape index (κ3) is 3.49. The third-order valence-electron chi connectivity index (χ3n) is 2.94. The molecule has 1 amide bonds. The molecule has 0 aliphatic carbocycles. The topological polar surface area (TPSA) is 46.9 Å². The molecule has 0 saturated heterocycles. The van der Waals surface area contributed by atoms with Crippen molar-refractivity contribution in [2.24, 2.45) is 7.05 Å². The number of carbonyl (C=O) groups excluding carboxylic acids is 1. The van der Waals surface area contributed by atoms with Crippen LogP contribution < -0.4 is 5.32 Å².